The first-order chi connectivity index (χ1) is 7.47. The van der Waals surface area contributed by atoms with Crippen molar-refractivity contribution in [3.8, 4) is 0 Å². The van der Waals surface area contributed by atoms with Gasteiger partial charge in [0.15, 0.2) is 0 Å². The number of rotatable bonds is 4. The Kier molecular flexibility index (Phi) is 4.28. The molecule has 1 aromatic heterocycles. The monoisotopic (exact) mass is 297 g/mol. The molecule has 3 nitrogen and oxygen atoms in total. The van der Waals surface area contributed by atoms with Crippen molar-refractivity contribution in [2.75, 3.05) is 0 Å². The second-order valence-electron chi connectivity index (χ2n) is 2.97. The average molecular weight is 298 g/mol. The quantitative estimate of drug-likeness (QED) is 0.687. The zero-order chi connectivity index (χ0) is 12.3. The lowest BCUT2D eigenvalue weighted by Crippen LogP contribution is -2.09. The van der Waals surface area contributed by atoms with Gasteiger partial charge in [-0.25, -0.2) is 13.8 Å². The minimum Gasteiger partial charge on any atom is -0.481 e. The van der Waals surface area contributed by atoms with Gasteiger partial charge < -0.3 is 5.11 Å². The van der Waals surface area contributed by atoms with Crippen LogP contribution in [0.5, 0.6) is 0 Å². The number of hydrogen-bond donors (Lipinski definition) is 1. The van der Waals surface area contributed by atoms with Crippen LogP contribution in [0.2, 0.25) is 0 Å². The molecule has 0 fully saturated rings. The van der Waals surface area contributed by atoms with Crippen molar-refractivity contribution >= 4 is 21.9 Å². The van der Waals surface area contributed by atoms with Crippen LogP contribution in [0, 0.1) is 5.95 Å². The van der Waals surface area contributed by atoms with E-state index in [1.165, 1.54) is 0 Å². The molecule has 0 bridgehead atoms. The van der Waals surface area contributed by atoms with Gasteiger partial charge in [-0.1, -0.05) is 15.9 Å². The van der Waals surface area contributed by atoms with Crippen LogP contribution in [0.1, 0.15) is 23.1 Å². The summed E-state index contributed by atoms with van der Waals surface area (Å²) in [6.45, 7) is 0. The SMILES string of the molecule is O=C(O)Cc1cnc(F)c(C(F)F)c1CBr. The van der Waals surface area contributed by atoms with Crippen LogP contribution >= 0.6 is 15.9 Å². The number of alkyl halides is 3. The molecule has 0 aliphatic carbocycles. The number of hydrogen-bond acceptors (Lipinski definition) is 2. The maximum absolute atomic E-state index is 13.0. The molecular weight excluding hydrogens is 291 g/mol. The van der Waals surface area contributed by atoms with Crippen LogP contribution in [0.15, 0.2) is 6.20 Å². The second-order valence-corrected chi connectivity index (χ2v) is 3.53. The van der Waals surface area contributed by atoms with Crippen LogP contribution < -0.4 is 0 Å². The Hall–Kier alpha value is -1.11. The van der Waals surface area contributed by atoms with E-state index in [1.54, 1.807) is 0 Å². The summed E-state index contributed by atoms with van der Waals surface area (Å²) in [7, 11) is 0. The lowest BCUT2D eigenvalue weighted by molar-refractivity contribution is -0.136. The first kappa shape index (κ1) is 13.0. The van der Waals surface area contributed by atoms with Crippen molar-refractivity contribution in [2.45, 2.75) is 18.2 Å². The average Bonchev–Trinajstić information content (AvgIpc) is 2.18. The Morgan fingerprint density at radius 1 is 1.56 bits per heavy atom. The minimum absolute atomic E-state index is 0.0469. The number of aliphatic carboxylic acids is 1. The molecule has 0 aliphatic rings. The lowest BCUT2D eigenvalue weighted by atomic mass is 10.0. The molecule has 16 heavy (non-hydrogen) atoms. The van der Waals surface area contributed by atoms with Crippen LogP contribution in [-0.4, -0.2) is 16.1 Å². The Morgan fingerprint density at radius 3 is 2.62 bits per heavy atom. The predicted molar refractivity (Wildman–Crippen MR) is 53.1 cm³/mol. The van der Waals surface area contributed by atoms with E-state index in [4.69, 9.17) is 5.11 Å². The number of carboxylic acids is 1. The van der Waals surface area contributed by atoms with E-state index >= 15 is 0 Å². The maximum Gasteiger partial charge on any atom is 0.307 e. The van der Waals surface area contributed by atoms with E-state index in [0.717, 1.165) is 6.20 Å². The van der Waals surface area contributed by atoms with Crippen molar-refractivity contribution in [3.63, 3.8) is 0 Å². The molecule has 1 heterocycles. The summed E-state index contributed by atoms with van der Waals surface area (Å²) in [5.41, 5.74) is -0.804. The maximum atomic E-state index is 13.0. The third-order valence-corrected chi connectivity index (χ3v) is 2.52. The topological polar surface area (TPSA) is 50.2 Å². The number of halogens is 4. The normalized spacial score (nSPS) is 10.8. The zero-order valence-electron chi connectivity index (χ0n) is 7.88. The Bertz CT molecular complexity index is 412. The van der Waals surface area contributed by atoms with Gasteiger partial charge in [0, 0.05) is 11.5 Å². The van der Waals surface area contributed by atoms with Crippen molar-refractivity contribution in [1.29, 1.82) is 0 Å². The Morgan fingerprint density at radius 2 is 2.19 bits per heavy atom. The van der Waals surface area contributed by atoms with Crippen molar-refractivity contribution in [1.82, 2.24) is 4.98 Å². The molecule has 1 aromatic rings. The van der Waals surface area contributed by atoms with E-state index in [9.17, 15) is 18.0 Å². The molecule has 0 saturated heterocycles. The molecular formula is C9H7BrF3NO2. The van der Waals surface area contributed by atoms with Gasteiger partial charge >= 0.3 is 5.97 Å². The number of aromatic nitrogens is 1. The highest BCUT2D eigenvalue weighted by Crippen LogP contribution is 2.29. The smallest absolute Gasteiger partial charge is 0.307 e. The number of pyridine rings is 1. The van der Waals surface area contributed by atoms with Gasteiger partial charge in [-0.3, -0.25) is 4.79 Å². The second kappa shape index (κ2) is 5.29. The fourth-order valence-electron chi connectivity index (χ4n) is 1.27. The lowest BCUT2D eigenvalue weighted by Gasteiger charge is -2.11. The molecule has 1 N–H and O–H groups in total. The summed E-state index contributed by atoms with van der Waals surface area (Å²) in [5.74, 6) is -2.45. The zero-order valence-corrected chi connectivity index (χ0v) is 9.47. The summed E-state index contributed by atoms with van der Waals surface area (Å²) in [5, 5.41) is 8.51. The Labute approximate surface area is 97.4 Å². The first-order valence-corrected chi connectivity index (χ1v) is 5.31. The minimum atomic E-state index is -3.02. The highest BCUT2D eigenvalue weighted by Gasteiger charge is 2.22. The largest absolute Gasteiger partial charge is 0.481 e. The van der Waals surface area contributed by atoms with Gasteiger partial charge in [0.05, 0.1) is 12.0 Å². The molecule has 88 valence electrons. The summed E-state index contributed by atoms with van der Waals surface area (Å²) < 4.78 is 38.1. The standard InChI is InChI=1S/C9H7BrF3NO2/c10-2-5-4(1-6(15)16)3-14-9(13)7(5)8(11)12/h3,8H,1-2H2,(H,15,16). The Balaban J connectivity index is 3.30. The van der Waals surface area contributed by atoms with Crippen molar-refractivity contribution in [3.05, 3.63) is 28.8 Å². The van der Waals surface area contributed by atoms with Crippen LogP contribution in [0.25, 0.3) is 0 Å². The number of nitrogens with zero attached hydrogens (tertiary/aromatic N) is 1. The van der Waals surface area contributed by atoms with Crippen molar-refractivity contribution < 1.29 is 23.1 Å². The molecule has 0 aliphatic heterocycles. The third kappa shape index (κ3) is 2.72. The summed E-state index contributed by atoms with van der Waals surface area (Å²) in [6.07, 6.45) is -2.52. The van der Waals surface area contributed by atoms with Crippen LogP contribution in [0.3, 0.4) is 0 Å². The molecule has 0 unspecified atom stereocenters. The number of carbonyl (C=O) groups is 1. The molecule has 7 heteroatoms. The summed E-state index contributed by atoms with van der Waals surface area (Å²) in [4.78, 5) is 13.6. The third-order valence-electron chi connectivity index (χ3n) is 1.96. The van der Waals surface area contributed by atoms with Gasteiger partial charge in [0.1, 0.15) is 0 Å². The highest BCUT2D eigenvalue weighted by atomic mass is 79.9. The van der Waals surface area contributed by atoms with E-state index in [2.05, 4.69) is 20.9 Å². The molecule has 0 radical (unpaired) electrons. The molecule has 0 aromatic carbocycles. The molecule has 0 saturated carbocycles. The molecule has 0 amide bonds. The molecule has 1 rings (SSSR count). The highest BCUT2D eigenvalue weighted by molar-refractivity contribution is 9.08. The van der Waals surface area contributed by atoms with Gasteiger partial charge in [-0.15, -0.1) is 0 Å². The van der Waals surface area contributed by atoms with E-state index < -0.39 is 30.3 Å². The fraction of sp³-hybridized carbons (Fsp3) is 0.333. The molecule has 0 spiro atoms. The van der Waals surface area contributed by atoms with Gasteiger partial charge in [-0.05, 0) is 11.1 Å². The van der Waals surface area contributed by atoms with E-state index in [0.29, 0.717) is 0 Å². The first-order valence-electron chi connectivity index (χ1n) is 4.19. The van der Waals surface area contributed by atoms with Crippen LogP contribution in [-0.2, 0) is 16.5 Å². The summed E-state index contributed by atoms with van der Waals surface area (Å²) in [6, 6.07) is 0. The van der Waals surface area contributed by atoms with Crippen molar-refractivity contribution in [2.24, 2.45) is 0 Å². The number of carboxylic acid groups (broad SMARTS) is 1. The van der Waals surface area contributed by atoms with Gasteiger partial charge in [0.25, 0.3) is 6.43 Å². The van der Waals surface area contributed by atoms with E-state index in [-0.39, 0.29) is 16.5 Å². The fourth-order valence-corrected chi connectivity index (χ4v) is 1.94. The molecule has 0 atom stereocenters. The van der Waals surface area contributed by atoms with Gasteiger partial charge in [0.2, 0.25) is 5.95 Å². The van der Waals surface area contributed by atoms with Gasteiger partial charge in [-0.2, -0.15) is 4.39 Å². The predicted octanol–water partition coefficient (Wildman–Crippen LogP) is 2.68. The summed E-state index contributed by atoms with van der Waals surface area (Å²) >= 11 is 2.93. The van der Waals surface area contributed by atoms with Crippen LogP contribution in [0.4, 0.5) is 13.2 Å². The van der Waals surface area contributed by atoms with E-state index in [1.807, 2.05) is 0 Å².